The molecule has 0 aliphatic carbocycles. The van der Waals surface area contributed by atoms with Gasteiger partial charge in [0.15, 0.2) is 0 Å². The van der Waals surface area contributed by atoms with Gasteiger partial charge < -0.3 is 10.2 Å². The minimum absolute atomic E-state index is 0.0628. The Balaban J connectivity index is 1.86. The van der Waals surface area contributed by atoms with Gasteiger partial charge in [-0.1, -0.05) is 6.07 Å². The lowest BCUT2D eigenvalue weighted by atomic mass is 10.1. The van der Waals surface area contributed by atoms with E-state index in [1.807, 2.05) is 17.9 Å². The second kappa shape index (κ2) is 6.12. The van der Waals surface area contributed by atoms with Gasteiger partial charge in [0.1, 0.15) is 5.82 Å². The predicted molar refractivity (Wildman–Crippen MR) is 84.4 cm³/mol. The molecule has 1 fully saturated rings. The van der Waals surface area contributed by atoms with Crippen LogP contribution in [0.2, 0.25) is 0 Å². The number of piperidine rings is 1. The Morgan fingerprint density at radius 2 is 2.33 bits per heavy atom. The Bertz CT molecular complexity index is 649. The maximum atomic E-state index is 13.3. The molecule has 112 valence electrons. The van der Waals surface area contributed by atoms with Crippen LogP contribution >= 0.6 is 11.3 Å². The summed E-state index contributed by atoms with van der Waals surface area (Å²) in [7, 11) is 0. The summed E-state index contributed by atoms with van der Waals surface area (Å²) in [5.74, 6) is -0.194. The van der Waals surface area contributed by atoms with E-state index in [1.54, 1.807) is 6.07 Å². The Kier molecular flexibility index (Phi) is 4.22. The van der Waals surface area contributed by atoms with E-state index in [1.165, 1.54) is 23.5 Å². The van der Waals surface area contributed by atoms with E-state index >= 15 is 0 Å². The Hall–Kier alpha value is -1.46. The molecule has 1 atom stereocenters. The van der Waals surface area contributed by atoms with Crippen molar-refractivity contribution in [1.29, 1.82) is 0 Å². The van der Waals surface area contributed by atoms with Crippen LogP contribution in [0, 0.1) is 5.82 Å². The molecule has 1 saturated heterocycles. The number of nitrogens with one attached hydrogen (secondary N) is 1. The van der Waals surface area contributed by atoms with Crippen LogP contribution in [0.4, 0.5) is 4.39 Å². The number of rotatable bonds is 3. The monoisotopic (exact) mass is 306 g/mol. The number of thiophene rings is 1. The molecule has 1 aromatic heterocycles. The van der Waals surface area contributed by atoms with E-state index in [0.717, 1.165) is 36.0 Å². The van der Waals surface area contributed by atoms with E-state index in [-0.39, 0.29) is 17.8 Å². The van der Waals surface area contributed by atoms with E-state index in [4.69, 9.17) is 0 Å². The number of carbonyl (C=O) groups excluding carboxylic acids is 1. The number of benzene rings is 1. The molecule has 1 aliphatic heterocycles. The molecule has 1 N–H and O–H groups in total. The standard InChI is InChI=1S/C16H19FN2OS/c1-2-19(13-4-3-7-18-10-13)16(20)15-8-11-5-6-12(17)9-14(11)21-15/h5-6,8-9,13,18H,2-4,7,10H2,1H3. The number of nitrogens with zero attached hydrogens (tertiary/aromatic N) is 1. The van der Waals surface area contributed by atoms with Crippen LogP contribution in [0.15, 0.2) is 24.3 Å². The molecule has 1 amide bonds. The Morgan fingerprint density at radius 3 is 3.05 bits per heavy atom. The first-order valence-corrected chi connectivity index (χ1v) is 8.21. The van der Waals surface area contributed by atoms with Crippen molar-refractivity contribution in [3.05, 3.63) is 35.0 Å². The summed E-state index contributed by atoms with van der Waals surface area (Å²) in [5.41, 5.74) is 0. The molecule has 0 bridgehead atoms. The van der Waals surface area contributed by atoms with Gasteiger partial charge in [-0.15, -0.1) is 11.3 Å². The molecule has 1 aliphatic rings. The smallest absolute Gasteiger partial charge is 0.264 e. The highest BCUT2D eigenvalue weighted by atomic mass is 32.1. The summed E-state index contributed by atoms with van der Waals surface area (Å²) in [4.78, 5) is 15.4. The largest absolute Gasteiger partial charge is 0.334 e. The number of amides is 1. The third-order valence-electron chi connectivity index (χ3n) is 4.01. The van der Waals surface area contributed by atoms with Crippen molar-refractivity contribution in [2.45, 2.75) is 25.8 Å². The highest BCUT2D eigenvalue weighted by Crippen LogP contribution is 2.28. The van der Waals surface area contributed by atoms with E-state index in [9.17, 15) is 9.18 Å². The highest BCUT2D eigenvalue weighted by Gasteiger charge is 2.26. The van der Waals surface area contributed by atoms with Crippen molar-refractivity contribution in [3.63, 3.8) is 0 Å². The van der Waals surface area contributed by atoms with Crippen molar-refractivity contribution >= 4 is 27.3 Å². The fraction of sp³-hybridized carbons (Fsp3) is 0.438. The topological polar surface area (TPSA) is 32.3 Å². The summed E-state index contributed by atoms with van der Waals surface area (Å²) < 4.78 is 14.1. The zero-order valence-electron chi connectivity index (χ0n) is 12.1. The second-order valence-electron chi connectivity index (χ2n) is 5.38. The first-order chi connectivity index (χ1) is 10.2. The van der Waals surface area contributed by atoms with E-state index in [2.05, 4.69) is 5.32 Å². The average molecular weight is 306 g/mol. The van der Waals surface area contributed by atoms with Crippen LogP contribution in [-0.4, -0.2) is 36.5 Å². The van der Waals surface area contributed by atoms with Crippen LogP contribution in [-0.2, 0) is 0 Å². The van der Waals surface area contributed by atoms with Gasteiger partial charge in [0.25, 0.3) is 5.91 Å². The van der Waals surface area contributed by atoms with Gasteiger partial charge in [-0.05, 0) is 49.9 Å². The number of likely N-dealkylation sites (N-methyl/N-ethyl adjacent to an activating group) is 1. The maximum absolute atomic E-state index is 13.3. The number of hydrogen-bond donors (Lipinski definition) is 1. The SMILES string of the molecule is CCN(C(=O)c1cc2ccc(F)cc2s1)C1CCCNC1. The van der Waals surface area contributed by atoms with E-state index in [0.29, 0.717) is 11.4 Å². The van der Waals surface area contributed by atoms with Gasteiger partial charge in [-0.3, -0.25) is 4.79 Å². The first-order valence-electron chi connectivity index (χ1n) is 7.40. The van der Waals surface area contributed by atoms with Crippen LogP contribution in [0.25, 0.3) is 10.1 Å². The number of fused-ring (bicyclic) bond motifs is 1. The summed E-state index contributed by atoms with van der Waals surface area (Å²) in [6, 6.07) is 6.80. The van der Waals surface area contributed by atoms with Crippen molar-refractivity contribution in [2.75, 3.05) is 19.6 Å². The molecular weight excluding hydrogens is 287 g/mol. The lowest BCUT2D eigenvalue weighted by Crippen LogP contribution is -2.48. The van der Waals surface area contributed by atoms with Crippen LogP contribution < -0.4 is 5.32 Å². The number of halogens is 1. The lowest BCUT2D eigenvalue weighted by Gasteiger charge is -2.33. The normalized spacial score (nSPS) is 18.9. The quantitative estimate of drug-likeness (QED) is 0.944. The third-order valence-corrected chi connectivity index (χ3v) is 5.09. The van der Waals surface area contributed by atoms with Crippen LogP contribution in [0.3, 0.4) is 0 Å². The fourth-order valence-electron chi connectivity index (χ4n) is 2.92. The van der Waals surface area contributed by atoms with Gasteiger partial charge in [-0.2, -0.15) is 0 Å². The second-order valence-corrected chi connectivity index (χ2v) is 6.47. The Labute approximate surface area is 127 Å². The van der Waals surface area contributed by atoms with Gasteiger partial charge in [0, 0.05) is 23.8 Å². The van der Waals surface area contributed by atoms with Gasteiger partial charge in [0.05, 0.1) is 4.88 Å². The molecular formula is C16H19FN2OS. The average Bonchev–Trinajstić information content (AvgIpc) is 2.92. The zero-order valence-corrected chi connectivity index (χ0v) is 12.9. The van der Waals surface area contributed by atoms with Crippen molar-refractivity contribution in [3.8, 4) is 0 Å². The summed E-state index contributed by atoms with van der Waals surface area (Å²) in [6.45, 7) is 4.61. The summed E-state index contributed by atoms with van der Waals surface area (Å²) in [6.07, 6.45) is 2.15. The predicted octanol–water partition coefficient (Wildman–Crippen LogP) is 3.25. The van der Waals surface area contributed by atoms with Crippen LogP contribution in [0.1, 0.15) is 29.4 Å². The van der Waals surface area contributed by atoms with Crippen molar-refractivity contribution in [1.82, 2.24) is 10.2 Å². The molecule has 2 aromatic rings. The number of hydrogen-bond acceptors (Lipinski definition) is 3. The first kappa shape index (κ1) is 14.5. The van der Waals surface area contributed by atoms with Gasteiger partial charge in [-0.25, -0.2) is 4.39 Å². The molecule has 5 heteroatoms. The minimum atomic E-state index is -0.257. The molecule has 2 heterocycles. The molecule has 1 aromatic carbocycles. The third kappa shape index (κ3) is 2.94. The summed E-state index contributed by atoms with van der Waals surface area (Å²) in [5, 5.41) is 4.28. The Morgan fingerprint density at radius 1 is 1.48 bits per heavy atom. The molecule has 21 heavy (non-hydrogen) atoms. The van der Waals surface area contributed by atoms with Gasteiger partial charge >= 0.3 is 0 Å². The molecule has 0 radical (unpaired) electrons. The van der Waals surface area contributed by atoms with Crippen molar-refractivity contribution < 1.29 is 9.18 Å². The van der Waals surface area contributed by atoms with E-state index < -0.39 is 0 Å². The number of carbonyl (C=O) groups is 1. The zero-order chi connectivity index (χ0) is 14.8. The molecule has 3 rings (SSSR count). The minimum Gasteiger partial charge on any atom is -0.334 e. The van der Waals surface area contributed by atoms with Gasteiger partial charge in [0.2, 0.25) is 0 Å². The summed E-state index contributed by atoms with van der Waals surface area (Å²) >= 11 is 1.38. The highest BCUT2D eigenvalue weighted by molar-refractivity contribution is 7.20. The molecule has 0 spiro atoms. The molecule has 3 nitrogen and oxygen atoms in total. The maximum Gasteiger partial charge on any atom is 0.264 e. The lowest BCUT2D eigenvalue weighted by molar-refractivity contribution is 0.0667. The van der Waals surface area contributed by atoms with Crippen molar-refractivity contribution in [2.24, 2.45) is 0 Å². The molecule has 1 unspecified atom stereocenters. The molecule has 0 saturated carbocycles. The fourth-order valence-corrected chi connectivity index (χ4v) is 3.96. The van der Waals surface area contributed by atoms with Crippen LogP contribution in [0.5, 0.6) is 0 Å².